The number of para-hydroxylation sites is 1. The summed E-state index contributed by atoms with van der Waals surface area (Å²) in [5, 5.41) is 13.8. The van der Waals surface area contributed by atoms with Crippen LogP contribution in [-0.2, 0) is 6.61 Å². The van der Waals surface area contributed by atoms with Crippen molar-refractivity contribution in [1.29, 1.82) is 0 Å². The van der Waals surface area contributed by atoms with E-state index in [0.717, 1.165) is 27.9 Å². The van der Waals surface area contributed by atoms with Gasteiger partial charge in [-0.3, -0.25) is 0 Å². The molecule has 1 aromatic heterocycles. The van der Waals surface area contributed by atoms with Crippen molar-refractivity contribution in [2.45, 2.75) is 38.5 Å². The molecule has 0 amide bonds. The van der Waals surface area contributed by atoms with Gasteiger partial charge in [-0.25, -0.2) is 0 Å². The van der Waals surface area contributed by atoms with E-state index in [1.165, 1.54) is 17.3 Å². The molecule has 6 heteroatoms. The van der Waals surface area contributed by atoms with Crippen molar-refractivity contribution in [3.63, 3.8) is 0 Å². The largest absolute Gasteiger partial charge is 0.488 e. The first kappa shape index (κ1) is 19.2. The molecule has 5 nitrogen and oxygen atoms in total. The molecule has 0 fully saturated rings. The number of ether oxygens (including phenoxy) is 1. The number of nitrogens with zero attached hydrogens (tertiary/aromatic N) is 4. The van der Waals surface area contributed by atoms with Gasteiger partial charge in [-0.15, -0.1) is 10.2 Å². The predicted octanol–water partition coefficient (Wildman–Crippen LogP) is 4.89. The minimum Gasteiger partial charge on any atom is -0.488 e. The highest BCUT2D eigenvalue weighted by Gasteiger charge is 2.13. The third-order valence-electron chi connectivity index (χ3n) is 4.08. The van der Waals surface area contributed by atoms with E-state index in [2.05, 4.69) is 60.3 Å². The second kappa shape index (κ2) is 8.86. The molecule has 0 spiro atoms. The Bertz CT molecular complexity index is 916. The van der Waals surface area contributed by atoms with E-state index in [-0.39, 0.29) is 5.92 Å². The summed E-state index contributed by atoms with van der Waals surface area (Å²) in [7, 11) is 0. The number of aromatic nitrogens is 3. The Morgan fingerprint density at radius 1 is 1.11 bits per heavy atom. The molecule has 0 aliphatic rings. The topological polar surface area (TPSA) is 52.3 Å². The van der Waals surface area contributed by atoms with Crippen molar-refractivity contribution in [2.75, 3.05) is 6.26 Å². The molecular formula is C21H24N4OS. The van der Waals surface area contributed by atoms with E-state index in [4.69, 9.17) is 4.74 Å². The summed E-state index contributed by atoms with van der Waals surface area (Å²) >= 11 is 1.53. The minimum atomic E-state index is 0.239. The monoisotopic (exact) mass is 380 g/mol. The first-order chi connectivity index (χ1) is 13.1. The zero-order valence-corrected chi connectivity index (χ0v) is 16.9. The number of benzene rings is 2. The Labute approximate surface area is 164 Å². The predicted molar refractivity (Wildman–Crippen MR) is 111 cm³/mol. The van der Waals surface area contributed by atoms with Crippen LogP contribution in [0.2, 0.25) is 0 Å². The van der Waals surface area contributed by atoms with Gasteiger partial charge in [0.15, 0.2) is 5.82 Å². The van der Waals surface area contributed by atoms with E-state index in [1.807, 2.05) is 30.5 Å². The molecule has 3 rings (SSSR count). The molecule has 1 heterocycles. The van der Waals surface area contributed by atoms with Crippen LogP contribution in [0.15, 0.2) is 58.8 Å². The van der Waals surface area contributed by atoms with Gasteiger partial charge in [0.05, 0.1) is 6.21 Å². The van der Waals surface area contributed by atoms with E-state index in [1.54, 1.807) is 10.9 Å². The SMILES string of the molecule is CSc1nnc(C(C)C)n1/N=C\c1ccccc1OCc1ccc(C)cc1. The van der Waals surface area contributed by atoms with Crippen molar-refractivity contribution < 1.29 is 4.74 Å². The zero-order chi connectivity index (χ0) is 19.2. The third-order valence-corrected chi connectivity index (χ3v) is 4.70. The summed E-state index contributed by atoms with van der Waals surface area (Å²) < 4.78 is 7.83. The maximum Gasteiger partial charge on any atom is 0.211 e. The van der Waals surface area contributed by atoms with Crippen LogP contribution in [0.4, 0.5) is 0 Å². The molecule has 3 aromatic rings. The minimum absolute atomic E-state index is 0.239. The van der Waals surface area contributed by atoms with Crippen LogP contribution >= 0.6 is 11.8 Å². The Kier molecular flexibility index (Phi) is 6.29. The molecule has 0 unspecified atom stereocenters. The molecule has 0 saturated heterocycles. The summed E-state index contributed by atoms with van der Waals surface area (Å²) in [5.74, 6) is 1.88. The number of hydrogen-bond acceptors (Lipinski definition) is 5. The number of aryl methyl sites for hydroxylation is 1. The van der Waals surface area contributed by atoms with Gasteiger partial charge in [-0.1, -0.05) is 67.6 Å². The third kappa shape index (κ3) is 4.77. The van der Waals surface area contributed by atoms with Gasteiger partial charge in [0.1, 0.15) is 12.4 Å². The van der Waals surface area contributed by atoms with Crippen LogP contribution in [0, 0.1) is 6.92 Å². The maximum atomic E-state index is 6.03. The molecule has 140 valence electrons. The standard InChI is InChI=1S/C21H24N4OS/c1-15(2)20-23-24-21(27-4)25(20)22-13-18-7-5-6-8-19(18)26-14-17-11-9-16(3)10-12-17/h5-13,15H,14H2,1-4H3/b22-13-. The average Bonchev–Trinajstić information content (AvgIpc) is 3.10. The average molecular weight is 381 g/mol. The summed E-state index contributed by atoms with van der Waals surface area (Å²) in [5.41, 5.74) is 3.30. The van der Waals surface area contributed by atoms with Crippen molar-refractivity contribution in [3.8, 4) is 5.75 Å². The fourth-order valence-electron chi connectivity index (χ4n) is 2.56. The Balaban J connectivity index is 1.81. The van der Waals surface area contributed by atoms with E-state index >= 15 is 0 Å². The van der Waals surface area contributed by atoms with Gasteiger partial charge in [-0.05, 0) is 30.9 Å². The van der Waals surface area contributed by atoms with Crippen LogP contribution in [-0.4, -0.2) is 27.3 Å². The van der Waals surface area contributed by atoms with Gasteiger partial charge in [0, 0.05) is 11.5 Å². The lowest BCUT2D eigenvalue weighted by molar-refractivity contribution is 0.306. The lowest BCUT2D eigenvalue weighted by atomic mass is 10.1. The highest BCUT2D eigenvalue weighted by atomic mass is 32.2. The van der Waals surface area contributed by atoms with Gasteiger partial charge in [-0.2, -0.15) is 9.78 Å². The fourth-order valence-corrected chi connectivity index (χ4v) is 2.99. The molecule has 0 atom stereocenters. The quantitative estimate of drug-likeness (QED) is 0.432. The second-order valence-corrected chi connectivity index (χ2v) is 7.34. The van der Waals surface area contributed by atoms with Gasteiger partial charge in [0.25, 0.3) is 0 Å². The lowest BCUT2D eigenvalue weighted by Crippen LogP contribution is -2.03. The van der Waals surface area contributed by atoms with Crippen LogP contribution < -0.4 is 4.74 Å². The maximum absolute atomic E-state index is 6.03. The Hall–Kier alpha value is -2.60. The summed E-state index contributed by atoms with van der Waals surface area (Å²) in [6.07, 6.45) is 3.78. The summed E-state index contributed by atoms with van der Waals surface area (Å²) in [4.78, 5) is 0. The molecular weight excluding hydrogens is 356 g/mol. The zero-order valence-electron chi connectivity index (χ0n) is 16.1. The molecule has 0 radical (unpaired) electrons. The second-order valence-electron chi connectivity index (χ2n) is 6.57. The smallest absolute Gasteiger partial charge is 0.211 e. The molecule has 2 aromatic carbocycles. The number of rotatable bonds is 7. The summed E-state index contributed by atoms with van der Waals surface area (Å²) in [6.45, 7) is 6.76. The van der Waals surface area contributed by atoms with Crippen LogP contribution in [0.25, 0.3) is 0 Å². The highest BCUT2D eigenvalue weighted by molar-refractivity contribution is 7.98. The van der Waals surface area contributed by atoms with E-state index in [9.17, 15) is 0 Å². The number of thioether (sulfide) groups is 1. The molecule has 0 N–H and O–H groups in total. The van der Waals surface area contributed by atoms with Crippen LogP contribution in [0.1, 0.15) is 42.3 Å². The first-order valence-electron chi connectivity index (χ1n) is 8.89. The highest BCUT2D eigenvalue weighted by Crippen LogP contribution is 2.21. The van der Waals surface area contributed by atoms with Crippen LogP contribution in [0.5, 0.6) is 5.75 Å². The first-order valence-corrected chi connectivity index (χ1v) is 10.1. The van der Waals surface area contributed by atoms with Gasteiger partial charge >= 0.3 is 0 Å². The Morgan fingerprint density at radius 2 is 1.85 bits per heavy atom. The fraction of sp³-hybridized carbons (Fsp3) is 0.286. The van der Waals surface area contributed by atoms with Crippen molar-refractivity contribution in [2.24, 2.45) is 5.10 Å². The number of hydrogen-bond donors (Lipinski definition) is 0. The van der Waals surface area contributed by atoms with Crippen molar-refractivity contribution in [3.05, 3.63) is 71.0 Å². The van der Waals surface area contributed by atoms with Crippen molar-refractivity contribution >= 4 is 18.0 Å². The molecule has 0 bridgehead atoms. The summed E-state index contributed by atoms with van der Waals surface area (Å²) in [6, 6.07) is 16.3. The van der Waals surface area contributed by atoms with Crippen molar-refractivity contribution in [1.82, 2.24) is 14.9 Å². The molecule has 27 heavy (non-hydrogen) atoms. The normalized spacial score (nSPS) is 11.4. The van der Waals surface area contributed by atoms with Gasteiger partial charge < -0.3 is 4.74 Å². The van der Waals surface area contributed by atoms with E-state index < -0.39 is 0 Å². The lowest BCUT2D eigenvalue weighted by Gasteiger charge is -2.10. The van der Waals surface area contributed by atoms with Gasteiger partial charge in [0.2, 0.25) is 5.16 Å². The molecule has 0 aliphatic carbocycles. The van der Waals surface area contributed by atoms with E-state index in [0.29, 0.717) is 6.61 Å². The Morgan fingerprint density at radius 3 is 2.56 bits per heavy atom. The molecule has 0 aliphatic heterocycles. The van der Waals surface area contributed by atoms with Crippen LogP contribution in [0.3, 0.4) is 0 Å². The molecule has 0 saturated carbocycles.